The van der Waals surface area contributed by atoms with Crippen LogP contribution in [0.4, 0.5) is 0 Å². The molecular weight excluding hydrogens is 258 g/mol. The van der Waals surface area contributed by atoms with Gasteiger partial charge in [-0.05, 0) is 25.0 Å². The maximum absolute atomic E-state index is 12.2. The Bertz CT molecular complexity index is 430. The summed E-state index contributed by atoms with van der Waals surface area (Å²) < 4.78 is 0. The van der Waals surface area contributed by atoms with Gasteiger partial charge in [0.05, 0.1) is 5.75 Å². The van der Waals surface area contributed by atoms with Gasteiger partial charge in [-0.15, -0.1) is 11.8 Å². The van der Waals surface area contributed by atoms with Crippen molar-refractivity contribution in [2.45, 2.75) is 43.0 Å². The first kappa shape index (κ1) is 14.3. The molecule has 1 aliphatic rings. The summed E-state index contributed by atoms with van der Waals surface area (Å²) >= 11 is 1.41. The molecule has 1 amide bonds. The molecule has 0 atom stereocenters. The van der Waals surface area contributed by atoms with Crippen LogP contribution in [0.3, 0.4) is 0 Å². The lowest BCUT2D eigenvalue weighted by molar-refractivity contribution is -0.129. The van der Waals surface area contributed by atoms with Crippen LogP contribution in [0.5, 0.6) is 5.75 Å². The summed E-state index contributed by atoms with van der Waals surface area (Å²) in [4.78, 5) is 14.8. The molecule has 4 heteroatoms. The molecule has 0 aromatic heterocycles. The number of hydrogen-bond acceptors (Lipinski definition) is 3. The Morgan fingerprint density at radius 3 is 2.68 bits per heavy atom. The van der Waals surface area contributed by atoms with Crippen molar-refractivity contribution >= 4 is 17.7 Å². The number of nitrogens with zero attached hydrogens (tertiary/aromatic N) is 1. The maximum Gasteiger partial charge on any atom is 0.232 e. The molecule has 0 spiro atoms. The van der Waals surface area contributed by atoms with E-state index in [4.69, 9.17) is 0 Å². The third-order valence-electron chi connectivity index (χ3n) is 3.73. The third-order valence-corrected chi connectivity index (χ3v) is 4.78. The average Bonchev–Trinajstić information content (AvgIpc) is 2.46. The first-order chi connectivity index (χ1) is 9.18. The topological polar surface area (TPSA) is 40.5 Å². The molecule has 1 aromatic rings. The summed E-state index contributed by atoms with van der Waals surface area (Å²) in [5.41, 5.74) is 0. The van der Waals surface area contributed by atoms with Crippen LogP contribution in [0.2, 0.25) is 0 Å². The van der Waals surface area contributed by atoms with Gasteiger partial charge in [0.2, 0.25) is 5.91 Å². The number of amides is 1. The number of aromatic hydroxyl groups is 1. The molecule has 19 heavy (non-hydrogen) atoms. The van der Waals surface area contributed by atoms with E-state index in [1.54, 1.807) is 12.1 Å². The zero-order valence-corrected chi connectivity index (χ0v) is 12.2. The SMILES string of the molecule is CN(C(=O)CSc1ccccc1O)C1CCCCC1. The molecule has 0 radical (unpaired) electrons. The molecule has 0 aliphatic heterocycles. The second-order valence-electron chi connectivity index (χ2n) is 5.05. The van der Waals surface area contributed by atoms with E-state index in [0.717, 1.165) is 17.7 Å². The minimum absolute atomic E-state index is 0.153. The molecule has 1 fully saturated rings. The Kier molecular flexibility index (Phi) is 5.14. The van der Waals surface area contributed by atoms with Crippen LogP contribution in [0.25, 0.3) is 0 Å². The van der Waals surface area contributed by atoms with E-state index in [-0.39, 0.29) is 11.7 Å². The number of thioether (sulfide) groups is 1. The van der Waals surface area contributed by atoms with E-state index in [2.05, 4.69) is 0 Å². The number of phenolic OH excluding ortho intramolecular Hbond substituents is 1. The smallest absolute Gasteiger partial charge is 0.232 e. The molecule has 0 heterocycles. The van der Waals surface area contributed by atoms with Crippen LogP contribution in [-0.2, 0) is 4.79 Å². The molecule has 0 unspecified atom stereocenters. The molecule has 3 nitrogen and oxygen atoms in total. The van der Waals surface area contributed by atoms with Gasteiger partial charge in [0.1, 0.15) is 5.75 Å². The summed E-state index contributed by atoms with van der Waals surface area (Å²) in [6.07, 6.45) is 6.02. The number of benzene rings is 1. The Labute approximate surface area is 119 Å². The van der Waals surface area contributed by atoms with E-state index in [9.17, 15) is 9.90 Å². The molecule has 0 bridgehead atoms. The standard InChI is InChI=1S/C15H21NO2S/c1-16(12-7-3-2-4-8-12)15(18)11-19-14-10-6-5-9-13(14)17/h5-6,9-10,12,17H,2-4,7-8,11H2,1H3. The number of carbonyl (C=O) groups is 1. The Hall–Kier alpha value is -1.16. The Morgan fingerprint density at radius 1 is 1.32 bits per heavy atom. The number of hydrogen-bond donors (Lipinski definition) is 1. The predicted molar refractivity (Wildman–Crippen MR) is 78.5 cm³/mol. The van der Waals surface area contributed by atoms with Crippen molar-refractivity contribution in [1.29, 1.82) is 0 Å². The highest BCUT2D eigenvalue weighted by molar-refractivity contribution is 8.00. The molecule has 1 aromatic carbocycles. The molecule has 0 saturated heterocycles. The number of phenols is 1. The van der Waals surface area contributed by atoms with Crippen LogP contribution >= 0.6 is 11.8 Å². The zero-order valence-electron chi connectivity index (χ0n) is 11.3. The molecule has 104 valence electrons. The van der Waals surface area contributed by atoms with E-state index in [0.29, 0.717) is 11.8 Å². The second-order valence-corrected chi connectivity index (χ2v) is 6.07. The van der Waals surface area contributed by atoms with E-state index < -0.39 is 0 Å². The maximum atomic E-state index is 12.2. The molecular formula is C15H21NO2S. The molecule has 1 aliphatic carbocycles. The monoisotopic (exact) mass is 279 g/mol. The first-order valence-electron chi connectivity index (χ1n) is 6.85. The fourth-order valence-electron chi connectivity index (χ4n) is 2.49. The number of para-hydroxylation sites is 1. The molecule has 1 saturated carbocycles. The molecule has 1 N–H and O–H groups in total. The normalized spacial score (nSPS) is 16.3. The van der Waals surface area contributed by atoms with Crippen LogP contribution in [0.1, 0.15) is 32.1 Å². The largest absolute Gasteiger partial charge is 0.507 e. The Balaban J connectivity index is 1.85. The minimum atomic E-state index is 0.153. The van der Waals surface area contributed by atoms with Crippen molar-refractivity contribution in [3.8, 4) is 5.75 Å². The second kappa shape index (κ2) is 6.85. The van der Waals surface area contributed by atoms with Crippen molar-refractivity contribution in [1.82, 2.24) is 4.90 Å². The molecule has 2 rings (SSSR count). The van der Waals surface area contributed by atoms with Crippen molar-refractivity contribution in [2.24, 2.45) is 0 Å². The Morgan fingerprint density at radius 2 is 2.00 bits per heavy atom. The highest BCUT2D eigenvalue weighted by atomic mass is 32.2. The fourth-order valence-corrected chi connectivity index (χ4v) is 3.37. The van der Waals surface area contributed by atoms with Crippen LogP contribution in [0, 0.1) is 0 Å². The number of carbonyl (C=O) groups excluding carboxylic acids is 1. The summed E-state index contributed by atoms with van der Waals surface area (Å²) in [6.45, 7) is 0. The van der Waals surface area contributed by atoms with Crippen molar-refractivity contribution in [3.05, 3.63) is 24.3 Å². The van der Waals surface area contributed by atoms with Gasteiger partial charge in [0, 0.05) is 18.0 Å². The van der Waals surface area contributed by atoms with E-state index in [1.807, 2.05) is 24.1 Å². The van der Waals surface area contributed by atoms with Crippen LogP contribution in [-0.4, -0.2) is 34.8 Å². The summed E-state index contributed by atoms with van der Waals surface area (Å²) in [5.74, 6) is 0.797. The van der Waals surface area contributed by atoms with Gasteiger partial charge in [-0.25, -0.2) is 0 Å². The first-order valence-corrected chi connectivity index (χ1v) is 7.83. The van der Waals surface area contributed by atoms with E-state index >= 15 is 0 Å². The lowest BCUT2D eigenvalue weighted by atomic mass is 9.94. The van der Waals surface area contributed by atoms with Crippen molar-refractivity contribution in [3.63, 3.8) is 0 Å². The van der Waals surface area contributed by atoms with Crippen molar-refractivity contribution in [2.75, 3.05) is 12.8 Å². The summed E-state index contributed by atoms with van der Waals surface area (Å²) in [5, 5.41) is 9.66. The third kappa shape index (κ3) is 3.90. The summed E-state index contributed by atoms with van der Waals surface area (Å²) in [7, 11) is 1.91. The summed E-state index contributed by atoms with van der Waals surface area (Å²) in [6, 6.07) is 7.56. The van der Waals surface area contributed by atoms with E-state index in [1.165, 1.54) is 31.0 Å². The predicted octanol–water partition coefficient (Wildman–Crippen LogP) is 3.28. The van der Waals surface area contributed by atoms with Crippen molar-refractivity contribution < 1.29 is 9.90 Å². The minimum Gasteiger partial charge on any atom is -0.507 e. The lowest BCUT2D eigenvalue weighted by Gasteiger charge is -2.31. The van der Waals surface area contributed by atoms with Gasteiger partial charge in [-0.2, -0.15) is 0 Å². The average molecular weight is 279 g/mol. The van der Waals surface area contributed by atoms with Gasteiger partial charge >= 0.3 is 0 Å². The van der Waals surface area contributed by atoms with Gasteiger partial charge in [-0.1, -0.05) is 31.4 Å². The van der Waals surface area contributed by atoms with Crippen LogP contribution < -0.4 is 0 Å². The quantitative estimate of drug-likeness (QED) is 0.860. The fraction of sp³-hybridized carbons (Fsp3) is 0.533. The van der Waals surface area contributed by atoms with Gasteiger partial charge < -0.3 is 10.0 Å². The number of rotatable bonds is 4. The highest BCUT2D eigenvalue weighted by Crippen LogP contribution is 2.28. The van der Waals surface area contributed by atoms with Crippen LogP contribution in [0.15, 0.2) is 29.2 Å². The van der Waals surface area contributed by atoms with Gasteiger partial charge in [0.25, 0.3) is 0 Å². The van der Waals surface area contributed by atoms with Gasteiger partial charge in [0.15, 0.2) is 0 Å². The lowest BCUT2D eigenvalue weighted by Crippen LogP contribution is -2.39. The highest BCUT2D eigenvalue weighted by Gasteiger charge is 2.22. The van der Waals surface area contributed by atoms with Gasteiger partial charge in [-0.3, -0.25) is 4.79 Å². The zero-order chi connectivity index (χ0) is 13.7.